The van der Waals surface area contributed by atoms with E-state index in [0.29, 0.717) is 6.42 Å². The van der Waals surface area contributed by atoms with Gasteiger partial charge in [-0.1, -0.05) is 25.1 Å². The first-order valence-electron chi connectivity index (χ1n) is 7.18. The van der Waals surface area contributed by atoms with Crippen molar-refractivity contribution >= 4 is 0 Å². The standard InChI is InChI=1S/C16H24F3N/c1-4-20-15(6-5-9-16(17,18)19)11-14-8-7-12(2)13(3)10-14/h7-8,10,15,20H,4-6,9,11H2,1-3H3. The molecule has 0 fully saturated rings. The van der Waals surface area contributed by atoms with Crippen molar-refractivity contribution in [2.24, 2.45) is 0 Å². The number of likely N-dealkylation sites (N-methyl/N-ethyl adjacent to an activating group) is 1. The van der Waals surface area contributed by atoms with Crippen LogP contribution in [0.4, 0.5) is 13.2 Å². The van der Waals surface area contributed by atoms with E-state index in [1.54, 1.807) is 0 Å². The number of nitrogens with one attached hydrogen (secondary N) is 1. The highest BCUT2D eigenvalue weighted by Crippen LogP contribution is 2.23. The molecular weight excluding hydrogens is 263 g/mol. The summed E-state index contributed by atoms with van der Waals surface area (Å²) in [6.45, 7) is 6.88. The minimum absolute atomic E-state index is 0.115. The zero-order valence-corrected chi connectivity index (χ0v) is 12.5. The molecule has 0 aliphatic carbocycles. The second kappa shape index (κ2) is 7.67. The SMILES string of the molecule is CCNC(CCCC(F)(F)F)Cc1ccc(C)c(C)c1. The maximum absolute atomic E-state index is 12.2. The van der Waals surface area contributed by atoms with Crippen molar-refractivity contribution in [3.05, 3.63) is 34.9 Å². The molecule has 0 aromatic heterocycles. The maximum atomic E-state index is 12.2. The number of hydrogen-bond acceptors (Lipinski definition) is 1. The van der Waals surface area contributed by atoms with Gasteiger partial charge in [-0.2, -0.15) is 13.2 Å². The van der Waals surface area contributed by atoms with Gasteiger partial charge in [0.25, 0.3) is 0 Å². The molecule has 0 bridgehead atoms. The lowest BCUT2D eigenvalue weighted by atomic mass is 9.98. The lowest BCUT2D eigenvalue weighted by molar-refractivity contribution is -0.135. The van der Waals surface area contributed by atoms with E-state index >= 15 is 0 Å². The van der Waals surface area contributed by atoms with E-state index in [2.05, 4.69) is 37.4 Å². The van der Waals surface area contributed by atoms with Gasteiger partial charge < -0.3 is 5.32 Å². The van der Waals surface area contributed by atoms with Gasteiger partial charge in [0.2, 0.25) is 0 Å². The summed E-state index contributed by atoms with van der Waals surface area (Å²) in [4.78, 5) is 0. The van der Waals surface area contributed by atoms with Gasteiger partial charge in [-0.05, 0) is 56.3 Å². The van der Waals surface area contributed by atoms with Crippen molar-refractivity contribution in [2.75, 3.05) is 6.54 Å². The number of rotatable bonds is 7. The van der Waals surface area contributed by atoms with Crippen LogP contribution in [0.1, 0.15) is 42.9 Å². The van der Waals surface area contributed by atoms with Crippen LogP contribution in [-0.2, 0) is 6.42 Å². The van der Waals surface area contributed by atoms with Gasteiger partial charge in [0, 0.05) is 12.5 Å². The second-order valence-electron chi connectivity index (χ2n) is 5.38. The summed E-state index contributed by atoms with van der Waals surface area (Å²) in [5, 5.41) is 3.28. The summed E-state index contributed by atoms with van der Waals surface area (Å²) < 4.78 is 36.6. The first-order chi connectivity index (χ1) is 9.31. The Bertz CT molecular complexity index is 413. The molecule has 1 aromatic rings. The lowest BCUT2D eigenvalue weighted by Crippen LogP contribution is -2.31. The molecule has 0 amide bonds. The van der Waals surface area contributed by atoms with Gasteiger partial charge in [0.05, 0.1) is 0 Å². The van der Waals surface area contributed by atoms with Crippen LogP contribution in [0, 0.1) is 13.8 Å². The summed E-state index contributed by atoms with van der Waals surface area (Å²) in [6.07, 6.45) is -3.21. The first kappa shape index (κ1) is 17.0. The average molecular weight is 287 g/mol. The fourth-order valence-electron chi connectivity index (χ4n) is 2.33. The van der Waals surface area contributed by atoms with E-state index < -0.39 is 12.6 Å². The molecule has 1 rings (SSSR count). The van der Waals surface area contributed by atoms with E-state index in [4.69, 9.17) is 0 Å². The smallest absolute Gasteiger partial charge is 0.314 e. The largest absolute Gasteiger partial charge is 0.389 e. The Morgan fingerprint density at radius 1 is 1.15 bits per heavy atom. The van der Waals surface area contributed by atoms with Crippen LogP contribution < -0.4 is 5.32 Å². The molecule has 1 aromatic carbocycles. The van der Waals surface area contributed by atoms with Gasteiger partial charge >= 0.3 is 6.18 Å². The molecule has 1 atom stereocenters. The highest BCUT2D eigenvalue weighted by Gasteiger charge is 2.26. The summed E-state index contributed by atoms with van der Waals surface area (Å²) in [5.74, 6) is 0. The molecule has 0 saturated carbocycles. The van der Waals surface area contributed by atoms with Crippen LogP contribution in [-0.4, -0.2) is 18.8 Å². The Morgan fingerprint density at radius 2 is 1.85 bits per heavy atom. The van der Waals surface area contributed by atoms with Crippen molar-refractivity contribution < 1.29 is 13.2 Å². The molecule has 0 heterocycles. The maximum Gasteiger partial charge on any atom is 0.389 e. The van der Waals surface area contributed by atoms with Gasteiger partial charge in [-0.25, -0.2) is 0 Å². The van der Waals surface area contributed by atoms with Gasteiger partial charge in [0.1, 0.15) is 0 Å². The molecule has 20 heavy (non-hydrogen) atoms. The van der Waals surface area contributed by atoms with Crippen LogP contribution in [0.3, 0.4) is 0 Å². The Kier molecular flexibility index (Phi) is 6.53. The normalized spacial score (nSPS) is 13.5. The predicted molar refractivity (Wildman–Crippen MR) is 77.0 cm³/mol. The molecule has 0 saturated heterocycles. The molecule has 0 radical (unpaired) electrons. The zero-order chi connectivity index (χ0) is 15.2. The van der Waals surface area contributed by atoms with E-state index in [9.17, 15) is 13.2 Å². The minimum Gasteiger partial charge on any atom is -0.314 e. The molecule has 0 aliphatic heterocycles. The van der Waals surface area contributed by atoms with Crippen LogP contribution in [0.25, 0.3) is 0 Å². The molecule has 0 spiro atoms. The number of alkyl halides is 3. The predicted octanol–water partition coefficient (Wildman–Crippen LogP) is 4.56. The van der Waals surface area contributed by atoms with E-state index in [0.717, 1.165) is 13.0 Å². The topological polar surface area (TPSA) is 12.0 Å². The highest BCUT2D eigenvalue weighted by atomic mass is 19.4. The summed E-state index contributed by atoms with van der Waals surface area (Å²) in [7, 11) is 0. The highest BCUT2D eigenvalue weighted by molar-refractivity contribution is 5.30. The Hall–Kier alpha value is -1.03. The number of aryl methyl sites for hydroxylation is 2. The van der Waals surface area contributed by atoms with E-state index in [-0.39, 0.29) is 12.5 Å². The summed E-state index contributed by atoms with van der Waals surface area (Å²) >= 11 is 0. The summed E-state index contributed by atoms with van der Waals surface area (Å²) in [6, 6.07) is 6.38. The number of benzene rings is 1. The van der Waals surface area contributed by atoms with Crippen molar-refractivity contribution in [1.82, 2.24) is 5.32 Å². The number of hydrogen-bond donors (Lipinski definition) is 1. The average Bonchev–Trinajstić information content (AvgIpc) is 2.32. The Morgan fingerprint density at radius 3 is 2.40 bits per heavy atom. The Balaban J connectivity index is 2.55. The second-order valence-corrected chi connectivity index (χ2v) is 5.38. The first-order valence-corrected chi connectivity index (χ1v) is 7.18. The van der Waals surface area contributed by atoms with Crippen LogP contribution in [0.5, 0.6) is 0 Å². The van der Waals surface area contributed by atoms with Crippen molar-refractivity contribution in [3.63, 3.8) is 0 Å². The molecule has 1 unspecified atom stereocenters. The lowest BCUT2D eigenvalue weighted by Gasteiger charge is -2.19. The van der Waals surface area contributed by atoms with Crippen molar-refractivity contribution in [1.29, 1.82) is 0 Å². The zero-order valence-electron chi connectivity index (χ0n) is 12.5. The van der Waals surface area contributed by atoms with E-state index in [1.165, 1.54) is 16.7 Å². The number of halogens is 3. The van der Waals surface area contributed by atoms with Gasteiger partial charge in [-0.3, -0.25) is 0 Å². The molecule has 1 N–H and O–H groups in total. The molecule has 4 heteroatoms. The quantitative estimate of drug-likeness (QED) is 0.775. The van der Waals surface area contributed by atoms with Crippen molar-refractivity contribution in [2.45, 2.75) is 58.7 Å². The van der Waals surface area contributed by atoms with Gasteiger partial charge in [-0.15, -0.1) is 0 Å². The molecule has 114 valence electrons. The third-order valence-electron chi connectivity index (χ3n) is 3.56. The third-order valence-corrected chi connectivity index (χ3v) is 3.56. The van der Waals surface area contributed by atoms with Crippen LogP contribution in [0.2, 0.25) is 0 Å². The third kappa shape index (κ3) is 6.42. The molecule has 1 nitrogen and oxygen atoms in total. The monoisotopic (exact) mass is 287 g/mol. The van der Waals surface area contributed by atoms with E-state index in [1.807, 2.05) is 6.92 Å². The van der Waals surface area contributed by atoms with Crippen molar-refractivity contribution in [3.8, 4) is 0 Å². The van der Waals surface area contributed by atoms with Crippen LogP contribution >= 0.6 is 0 Å². The fourth-order valence-corrected chi connectivity index (χ4v) is 2.33. The molecule has 0 aliphatic rings. The van der Waals surface area contributed by atoms with Gasteiger partial charge in [0.15, 0.2) is 0 Å². The fraction of sp³-hybridized carbons (Fsp3) is 0.625. The van der Waals surface area contributed by atoms with Crippen LogP contribution in [0.15, 0.2) is 18.2 Å². The molecular formula is C16H24F3N. The minimum atomic E-state index is -4.04. The summed E-state index contributed by atoms with van der Waals surface area (Å²) in [5.41, 5.74) is 3.66. The Labute approximate surface area is 119 Å².